The van der Waals surface area contributed by atoms with Gasteiger partial charge in [0, 0.05) is 44.7 Å². The van der Waals surface area contributed by atoms with Crippen molar-refractivity contribution >= 4 is 43.6 Å². The molecule has 1 aliphatic rings. The molecule has 0 N–H and O–H groups in total. The Bertz CT molecular complexity index is 3330. The summed E-state index contributed by atoms with van der Waals surface area (Å²) in [6.45, 7) is 0. The van der Waals surface area contributed by atoms with Crippen molar-refractivity contribution in [2.24, 2.45) is 0 Å². The van der Waals surface area contributed by atoms with Crippen molar-refractivity contribution in [3.05, 3.63) is 211 Å². The number of fused-ring (bicyclic) bond motifs is 9. The van der Waals surface area contributed by atoms with Gasteiger partial charge in [-0.25, -0.2) is 0 Å². The van der Waals surface area contributed by atoms with E-state index in [1.165, 1.54) is 93.8 Å². The summed E-state index contributed by atoms with van der Waals surface area (Å²) in [6.07, 6.45) is 2.84. The van der Waals surface area contributed by atoms with Crippen molar-refractivity contribution in [1.29, 1.82) is 0 Å². The molecule has 0 amide bonds. The van der Waals surface area contributed by atoms with Crippen molar-refractivity contribution in [1.82, 2.24) is 14.1 Å². The maximum Gasteiger partial charge on any atom is 0.0702 e. The van der Waals surface area contributed by atoms with Gasteiger partial charge in [0.15, 0.2) is 0 Å². The van der Waals surface area contributed by atoms with Gasteiger partial charge in [0.2, 0.25) is 0 Å². The van der Waals surface area contributed by atoms with Crippen LogP contribution in [0.1, 0.15) is 11.1 Å². The summed E-state index contributed by atoms with van der Waals surface area (Å²) in [6, 6.07) is 71.1. The van der Waals surface area contributed by atoms with Crippen LogP contribution in [0.5, 0.6) is 0 Å². The number of hydrogen-bond acceptors (Lipinski definition) is 1. The van der Waals surface area contributed by atoms with Crippen molar-refractivity contribution in [2.75, 3.05) is 0 Å². The summed E-state index contributed by atoms with van der Waals surface area (Å²) < 4.78 is 4.86. The fourth-order valence-corrected chi connectivity index (χ4v) is 9.33. The topological polar surface area (TPSA) is 22.8 Å². The predicted molar refractivity (Wildman–Crippen MR) is 237 cm³/mol. The molecule has 57 heavy (non-hydrogen) atoms. The van der Waals surface area contributed by atoms with E-state index >= 15 is 0 Å². The Morgan fingerprint density at radius 1 is 0.333 bits per heavy atom. The predicted octanol–water partition coefficient (Wildman–Crippen LogP) is 13.8. The van der Waals surface area contributed by atoms with Crippen molar-refractivity contribution in [3.8, 4) is 56.0 Å². The quantitative estimate of drug-likeness (QED) is 0.173. The second kappa shape index (κ2) is 12.5. The molecular formula is C54H35N3. The van der Waals surface area contributed by atoms with E-state index in [1.807, 2.05) is 18.3 Å². The third-order valence-corrected chi connectivity index (χ3v) is 12.0. The van der Waals surface area contributed by atoms with Gasteiger partial charge in [-0.3, -0.25) is 4.98 Å². The van der Waals surface area contributed by atoms with Gasteiger partial charge in [-0.15, -0.1) is 0 Å². The van der Waals surface area contributed by atoms with E-state index in [-0.39, 0.29) is 0 Å². The Kier molecular flexibility index (Phi) is 6.99. The first-order valence-electron chi connectivity index (χ1n) is 19.7. The van der Waals surface area contributed by atoms with Crippen molar-refractivity contribution in [3.63, 3.8) is 0 Å². The standard InChI is InChI=1S/C54H35N3/c1-2-16-44-39(11-1)30-40-22-25-43(34-47(40)44)57-53-26-23-37(35-12-9-14-41(29-35)50-19-7-8-28-55-50)32-48(53)49-33-38(24-27-54(49)57)36-13-10-15-42(31-36)56-51-20-5-3-17-45(51)46-18-4-6-21-52(46)56/h1-29,31-34H,30H2. The minimum Gasteiger partial charge on any atom is -0.309 e. The SMILES string of the molecule is c1ccc(-c2cccc(-c3ccc4c(c3)c3cc(-c5cccc(-n6c7ccccc7c7ccccc76)c5)ccc3n4-c3ccc4c(c3)-c3ccccc3C4)c2)nc1. The lowest BCUT2D eigenvalue weighted by molar-refractivity contribution is 1.17. The van der Waals surface area contributed by atoms with Crippen LogP contribution in [0, 0.1) is 0 Å². The Labute approximate surface area is 330 Å². The minimum atomic E-state index is 0.975. The molecule has 3 heteroatoms. The molecule has 11 aromatic rings. The monoisotopic (exact) mass is 725 g/mol. The van der Waals surface area contributed by atoms with E-state index < -0.39 is 0 Å². The van der Waals surface area contributed by atoms with Crippen LogP contribution >= 0.6 is 0 Å². The number of pyridine rings is 1. The second-order valence-corrected chi connectivity index (χ2v) is 15.2. The highest BCUT2D eigenvalue weighted by atomic mass is 15.0. The number of aromatic nitrogens is 3. The van der Waals surface area contributed by atoms with Gasteiger partial charge in [0.1, 0.15) is 0 Å². The molecule has 0 radical (unpaired) electrons. The molecule has 3 heterocycles. The van der Waals surface area contributed by atoms with E-state index in [0.717, 1.165) is 23.4 Å². The van der Waals surface area contributed by atoms with Crippen LogP contribution in [-0.2, 0) is 6.42 Å². The molecule has 3 aromatic heterocycles. The minimum absolute atomic E-state index is 0.975. The van der Waals surface area contributed by atoms with Crippen molar-refractivity contribution < 1.29 is 0 Å². The first-order valence-corrected chi connectivity index (χ1v) is 19.7. The van der Waals surface area contributed by atoms with Gasteiger partial charge in [-0.05, 0) is 130 Å². The summed E-state index contributed by atoms with van der Waals surface area (Å²) in [5.74, 6) is 0. The van der Waals surface area contributed by atoms with Gasteiger partial charge in [0.05, 0.1) is 27.8 Å². The Morgan fingerprint density at radius 2 is 0.895 bits per heavy atom. The van der Waals surface area contributed by atoms with Crippen LogP contribution < -0.4 is 0 Å². The smallest absolute Gasteiger partial charge is 0.0702 e. The van der Waals surface area contributed by atoms with Crippen LogP contribution in [-0.4, -0.2) is 14.1 Å². The zero-order valence-electron chi connectivity index (χ0n) is 31.1. The number of nitrogens with zero attached hydrogens (tertiary/aromatic N) is 3. The first-order chi connectivity index (χ1) is 28.2. The zero-order chi connectivity index (χ0) is 37.5. The molecule has 0 fully saturated rings. The molecule has 0 aliphatic heterocycles. The highest BCUT2D eigenvalue weighted by Crippen LogP contribution is 2.42. The van der Waals surface area contributed by atoms with E-state index in [9.17, 15) is 0 Å². The Hall–Kier alpha value is -7.49. The van der Waals surface area contributed by atoms with Gasteiger partial charge in [-0.1, -0.05) is 115 Å². The van der Waals surface area contributed by atoms with Crippen LogP contribution in [0.3, 0.4) is 0 Å². The van der Waals surface area contributed by atoms with Gasteiger partial charge < -0.3 is 9.13 Å². The fraction of sp³-hybridized carbons (Fsp3) is 0.0185. The molecule has 3 nitrogen and oxygen atoms in total. The van der Waals surface area contributed by atoms with Crippen molar-refractivity contribution in [2.45, 2.75) is 6.42 Å². The normalized spacial score (nSPS) is 12.1. The number of rotatable bonds is 5. The summed E-state index contributed by atoms with van der Waals surface area (Å²) in [7, 11) is 0. The van der Waals surface area contributed by atoms with E-state index in [2.05, 4.69) is 196 Å². The maximum absolute atomic E-state index is 4.64. The number of para-hydroxylation sites is 2. The molecule has 0 saturated carbocycles. The molecule has 0 atom stereocenters. The molecule has 0 saturated heterocycles. The molecule has 8 aromatic carbocycles. The lowest BCUT2D eigenvalue weighted by Crippen LogP contribution is -1.95. The average molecular weight is 726 g/mol. The maximum atomic E-state index is 4.64. The lowest BCUT2D eigenvalue weighted by atomic mass is 9.98. The largest absolute Gasteiger partial charge is 0.309 e. The average Bonchev–Trinajstić information content (AvgIpc) is 3.94. The lowest BCUT2D eigenvalue weighted by Gasteiger charge is -2.12. The summed E-state index contributed by atoms with van der Waals surface area (Å²) >= 11 is 0. The summed E-state index contributed by atoms with van der Waals surface area (Å²) in [5, 5.41) is 4.99. The van der Waals surface area contributed by atoms with E-state index in [0.29, 0.717) is 0 Å². The third kappa shape index (κ3) is 5.02. The number of hydrogen-bond donors (Lipinski definition) is 0. The molecule has 0 bridgehead atoms. The van der Waals surface area contributed by atoms with Gasteiger partial charge in [0.25, 0.3) is 0 Å². The molecule has 0 unspecified atom stereocenters. The van der Waals surface area contributed by atoms with Crippen LogP contribution in [0.2, 0.25) is 0 Å². The van der Waals surface area contributed by atoms with Gasteiger partial charge in [-0.2, -0.15) is 0 Å². The van der Waals surface area contributed by atoms with E-state index in [1.54, 1.807) is 0 Å². The van der Waals surface area contributed by atoms with Gasteiger partial charge >= 0.3 is 0 Å². The Balaban J connectivity index is 1.05. The fourth-order valence-electron chi connectivity index (χ4n) is 9.33. The number of benzene rings is 8. The highest BCUT2D eigenvalue weighted by Gasteiger charge is 2.21. The first kappa shape index (κ1) is 31.8. The summed E-state index contributed by atoms with van der Waals surface area (Å²) in [5.41, 5.74) is 19.4. The van der Waals surface area contributed by atoms with Crippen LogP contribution in [0.25, 0.3) is 99.6 Å². The third-order valence-electron chi connectivity index (χ3n) is 12.0. The Morgan fingerprint density at radius 3 is 1.61 bits per heavy atom. The molecule has 12 rings (SSSR count). The van der Waals surface area contributed by atoms with Crippen LogP contribution in [0.15, 0.2) is 200 Å². The zero-order valence-corrected chi connectivity index (χ0v) is 31.1. The molecule has 1 aliphatic carbocycles. The van der Waals surface area contributed by atoms with Crippen LogP contribution in [0.4, 0.5) is 0 Å². The summed E-state index contributed by atoms with van der Waals surface area (Å²) in [4.78, 5) is 4.64. The second-order valence-electron chi connectivity index (χ2n) is 15.2. The highest BCUT2D eigenvalue weighted by molar-refractivity contribution is 6.12. The van der Waals surface area contributed by atoms with E-state index in [4.69, 9.17) is 0 Å². The molecular weight excluding hydrogens is 691 g/mol. The molecule has 0 spiro atoms. The molecule has 266 valence electrons.